The largest absolute Gasteiger partial charge is 0.493 e. The molecule has 2 unspecified atom stereocenters. The maximum atomic E-state index is 14.7. The molecule has 166 valence electrons. The lowest BCUT2D eigenvalue weighted by atomic mass is 9.96. The van der Waals surface area contributed by atoms with E-state index in [0.717, 1.165) is 7.11 Å². The van der Waals surface area contributed by atoms with E-state index < -0.39 is 52.7 Å². The third-order valence-corrected chi connectivity index (χ3v) is 5.07. The summed E-state index contributed by atoms with van der Waals surface area (Å²) >= 11 is 5.55. The first-order chi connectivity index (χ1) is 14.6. The van der Waals surface area contributed by atoms with Gasteiger partial charge in [-0.1, -0.05) is 6.07 Å². The van der Waals surface area contributed by atoms with Gasteiger partial charge in [0.25, 0.3) is 0 Å². The van der Waals surface area contributed by atoms with Crippen molar-refractivity contribution in [1.82, 2.24) is 4.98 Å². The van der Waals surface area contributed by atoms with Crippen molar-refractivity contribution in [3.8, 4) is 5.75 Å². The molecule has 0 aliphatic carbocycles. The van der Waals surface area contributed by atoms with Crippen LogP contribution in [0.1, 0.15) is 22.9 Å². The highest BCUT2D eigenvalue weighted by Gasteiger charge is 2.46. The van der Waals surface area contributed by atoms with Crippen LogP contribution in [0.3, 0.4) is 0 Å². The van der Waals surface area contributed by atoms with Crippen LogP contribution in [0.15, 0.2) is 36.4 Å². The summed E-state index contributed by atoms with van der Waals surface area (Å²) in [5.41, 5.74) is 0.272. The van der Waals surface area contributed by atoms with Crippen LogP contribution in [0, 0.1) is 18.6 Å². The number of hydrogen-bond donors (Lipinski definition) is 2. The zero-order valence-corrected chi connectivity index (χ0v) is 17.2. The molecule has 0 saturated carbocycles. The maximum Gasteiger partial charge on any atom is 0.416 e. The van der Waals surface area contributed by atoms with Gasteiger partial charge in [0.2, 0.25) is 0 Å². The average Bonchev–Trinajstić information content (AvgIpc) is 2.70. The number of rotatable bonds is 6. The normalized spacial score (nSPS) is 13.8. The van der Waals surface area contributed by atoms with Gasteiger partial charge >= 0.3 is 6.18 Å². The zero-order chi connectivity index (χ0) is 22.9. The summed E-state index contributed by atoms with van der Waals surface area (Å²) < 4.78 is 74.5. The summed E-state index contributed by atoms with van der Waals surface area (Å²) in [6.07, 6.45) is -8.10. The smallest absolute Gasteiger partial charge is 0.416 e. The molecule has 3 aromatic rings. The van der Waals surface area contributed by atoms with Crippen molar-refractivity contribution in [3.63, 3.8) is 0 Å². The van der Waals surface area contributed by atoms with Crippen molar-refractivity contribution in [2.75, 3.05) is 12.4 Å². The molecule has 4 nitrogen and oxygen atoms in total. The fourth-order valence-corrected chi connectivity index (χ4v) is 3.53. The van der Waals surface area contributed by atoms with E-state index in [1.807, 2.05) is 0 Å². The topological polar surface area (TPSA) is 54.4 Å². The fourth-order valence-electron chi connectivity index (χ4n) is 3.28. The number of ether oxygens (including phenoxy) is 1. The van der Waals surface area contributed by atoms with Gasteiger partial charge in [0.1, 0.15) is 5.82 Å². The molecule has 0 radical (unpaired) electrons. The summed E-state index contributed by atoms with van der Waals surface area (Å²) in [5, 5.41) is 13.1. The second kappa shape index (κ2) is 8.84. The van der Waals surface area contributed by atoms with E-state index in [9.17, 15) is 27.1 Å². The Labute approximate surface area is 179 Å². The number of pyridine rings is 1. The molecule has 3 rings (SSSR count). The van der Waals surface area contributed by atoms with Crippen molar-refractivity contribution in [1.29, 1.82) is 0 Å². The summed E-state index contributed by atoms with van der Waals surface area (Å²) in [6, 6.07) is 6.70. The Morgan fingerprint density at radius 3 is 2.52 bits per heavy atom. The van der Waals surface area contributed by atoms with Crippen molar-refractivity contribution < 1.29 is 31.8 Å². The lowest BCUT2D eigenvalue weighted by Crippen LogP contribution is -2.38. The minimum atomic E-state index is -5.10. The van der Waals surface area contributed by atoms with E-state index in [-0.39, 0.29) is 5.69 Å². The lowest BCUT2D eigenvalue weighted by Gasteiger charge is -2.29. The van der Waals surface area contributed by atoms with Crippen LogP contribution >= 0.6 is 11.6 Å². The number of benzene rings is 2. The highest BCUT2D eigenvalue weighted by atomic mass is 35.5. The molecule has 1 aromatic heterocycles. The van der Waals surface area contributed by atoms with Gasteiger partial charge in [-0.3, -0.25) is 4.98 Å². The van der Waals surface area contributed by atoms with E-state index in [1.54, 1.807) is 31.2 Å². The van der Waals surface area contributed by atoms with E-state index in [4.69, 9.17) is 16.3 Å². The lowest BCUT2D eigenvalue weighted by molar-refractivity contribution is -0.208. The number of hydrogen-bond acceptors (Lipinski definition) is 4. The fraction of sp³-hybridized carbons (Fsp3) is 0.286. The minimum Gasteiger partial charge on any atom is -0.493 e. The predicted octanol–water partition coefficient (Wildman–Crippen LogP) is 5.65. The van der Waals surface area contributed by atoms with Gasteiger partial charge in [-0.05, 0) is 37.3 Å². The van der Waals surface area contributed by atoms with Crippen molar-refractivity contribution in [3.05, 3.63) is 64.9 Å². The number of nitrogens with one attached hydrogen (secondary N) is 1. The highest BCUT2D eigenvalue weighted by molar-refractivity contribution is 6.17. The van der Waals surface area contributed by atoms with E-state index in [0.29, 0.717) is 22.7 Å². The van der Waals surface area contributed by atoms with Crippen molar-refractivity contribution in [2.24, 2.45) is 0 Å². The van der Waals surface area contributed by atoms with Crippen LogP contribution in [-0.4, -0.2) is 29.5 Å². The Morgan fingerprint density at radius 1 is 1.19 bits per heavy atom. The molecule has 31 heavy (non-hydrogen) atoms. The highest BCUT2D eigenvalue weighted by Crippen LogP contribution is 2.40. The maximum absolute atomic E-state index is 14.7. The molecule has 0 amide bonds. The third kappa shape index (κ3) is 4.52. The van der Waals surface area contributed by atoms with Gasteiger partial charge in [-0.2, -0.15) is 13.2 Å². The van der Waals surface area contributed by atoms with Gasteiger partial charge in [-0.25, -0.2) is 8.78 Å². The Bertz CT molecular complexity index is 1110. The Kier molecular flexibility index (Phi) is 6.56. The van der Waals surface area contributed by atoms with E-state index >= 15 is 0 Å². The van der Waals surface area contributed by atoms with E-state index in [2.05, 4.69) is 10.3 Å². The number of fused-ring (bicyclic) bond motifs is 1. The Balaban J connectivity index is 2.20. The molecule has 1 heterocycles. The summed E-state index contributed by atoms with van der Waals surface area (Å²) in [6.45, 7) is 1.75. The summed E-state index contributed by atoms with van der Waals surface area (Å²) in [5.74, 6) is -3.58. The number of alkyl halides is 4. The average molecular weight is 461 g/mol. The molecule has 0 bridgehead atoms. The standard InChI is InChI=1S/C21H18ClF5N2O2/c1-10-6-7-11-15(28-10)4-3-5-16(11)29-18(20(30)21(25,26)27)12-8-14(23)13(9-22)17(24)19(12)31-2/h3-8,18,20,29-30H,9H2,1-2H3. The first kappa shape index (κ1) is 23.0. The molecule has 0 aliphatic heterocycles. The van der Waals surface area contributed by atoms with Crippen molar-refractivity contribution >= 4 is 28.2 Å². The zero-order valence-electron chi connectivity index (χ0n) is 16.4. The second-order valence-electron chi connectivity index (χ2n) is 6.84. The van der Waals surface area contributed by atoms with Gasteiger partial charge in [0.15, 0.2) is 17.7 Å². The van der Waals surface area contributed by atoms with E-state index in [1.165, 1.54) is 6.07 Å². The summed E-state index contributed by atoms with van der Waals surface area (Å²) in [7, 11) is 1.03. The third-order valence-electron chi connectivity index (χ3n) is 4.80. The van der Waals surface area contributed by atoms with Crippen LogP contribution in [0.25, 0.3) is 10.9 Å². The molecule has 2 atom stereocenters. The Morgan fingerprint density at radius 2 is 1.90 bits per heavy atom. The first-order valence-corrected chi connectivity index (χ1v) is 9.60. The molecule has 10 heteroatoms. The number of methoxy groups -OCH3 is 1. The SMILES string of the molecule is COc1c(C(Nc2cccc3nc(C)ccc23)C(O)C(F)(F)F)cc(F)c(CCl)c1F. The molecule has 0 aliphatic rings. The number of aliphatic hydroxyl groups is 1. The number of nitrogens with zero attached hydrogens (tertiary/aromatic N) is 1. The van der Waals surface area contributed by atoms with Crippen LogP contribution in [0.5, 0.6) is 5.75 Å². The molecular weight excluding hydrogens is 443 g/mol. The van der Waals surface area contributed by atoms with Crippen molar-refractivity contribution in [2.45, 2.75) is 31.1 Å². The molecule has 2 aromatic carbocycles. The molecular formula is C21H18ClF5N2O2. The monoisotopic (exact) mass is 460 g/mol. The number of aromatic nitrogens is 1. The number of anilines is 1. The second-order valence-corrected chi connectivity index (χ2v) is 7.11. The van der Waals surface area contributed by atoms with Gasteiger partial charge in [0.05, 0.1) is 24.5 Å². The molecule has 0 saturated heterocycles. The minimum absolute atomic E-state index is 0.183. The molecule has 0 spiro atoms. The van der Waals surface area contributed by atoms with Gasteiger partial charge < -0.3 is 15.2 Å². The molecule has 0 fully saturated rings. The van der Waals surface area contributed by atoms with Crippen LogP contribution < -0.4 is 10.1 Å². The predicted molar refractivity (Wildman–Crippen MR) is 107 cm³/mol. The molecule has 2 N–H and O–H groups in total. The number of aliphatic hydroxyl groups excluding tert-OH is 1. The van der Waals surface area contributed by atoms with Gasteiger partial charge in [-0.15, -0.1) is 11.6 Å². The number of aryl methyl sites for hydroxylation is 1. The van der Waals surface area contributed by atoms with Gasteiger partial charge in [0, 0.05) is 27.9 Å². The Hall–Kier alpha value is -2.65. The first-order valence-electron chi connectivity index (χ1n) is 9.06. The van der Waals surface area contributed by atoms with Crippen LogP contribution in [-0.2, 0) is 5.88 Å². The number of halogens is 6. The van der Waals surface area contributed by atoms with Crippen LogP contribution in [0.2, 0.25) is 0 Å². The quantitative estimate of drug-likeness (QED) is 0.369. The summed E-state index contributed by atoms with van der Waals surface area (Å²) in [4.78, 5) is 4.31. The van der Waals surface area contributed by atoms with Crippen LogP contribution in [0.4, 0.5) is 27.6 Å².